The molecule has 3 saturated heterocycles. The van der Waals surface area contributed by atoms with Crippen molar-refractivity contribution in [1.82, 2.24) is 14.7 Å². The highest BCUT2D eigenvalue weighted by Crippen LogP contribution is 2.40. The van der Waals surface area contributed by atoms with Gasteiger partial charge in [0.2, 0.25) is 0 Å². The molecule has 0 unspecified atom stereocenters. The Morgan fingerprint density at radius 3 is 2.40 bits per heavy atom. The van der Waals surface area contributed by atoms with Gasteiger partial charge < -0.3 is 9.84 Å². The molecule has 0 aliphatic carbocycles. The van der Waals surface area contributed by atoms with Crippen molar-refractivity contribution in [3.63, 3.8) is 0 Å². The third kappa shape index (κ3) is 5.01. The number of nitrogens with zero attached hydrogens (tertiary/aromatic N) is 3. The summed E-state index contributed by atoms with van der Waals surface area (Å²) < 4.78 is 28.3. The minimum atomic E-state index is -3.19. The maximum absolute atomic E-state index is 12.0. The van der Waals surface area contributed by atoms with E-state index >= 15 is 0 Å². The molecule has 3 aliphatic heterocycles. The summed E-state index contributed by atoms with van der Waals surface area (Å²) in [4.78, 5) is 19.6. The van der Waals surface area contributed by atoms with Crippen LogP contribution in [0.1, 0.15) is 27.9 Å². The van der Waals surface area contributed by atoms with Crippen LogP contribution < -0.4 is 0 Å². The highest BCUT2D eigenvalue weighted by Gasteiger charge is 2.55. The van der Waals surface area contributed by atoms with Gasteiger partial charge in [0.1, 0.15) is 0 Å². The van der Waals surface area contributed by atoms with E-state index in [0.29, 0.717) is 23.0 Å². The van der Waals surface area contributed by atoms with Crippen LogP contribution in [0.4, 0.5) is 0 Å². The number of sulfone groups is 1. The number of aliphatic hydroxyl groups is 1. The van der Waals surface area contributed by atoms with E-state index in [9.17, 15) is 18.3 Å². The Bertz CT molecular complexity index is 1190. The van der Waals surface area contributed by atoms with Crippen LogP contribution in [0.5, 0.6) is 0 Å². The second-order valence-corrected chi connectivity index (χ2v) is 12.4. The fraction of sp³-hybridized carbons (Fsp3) is 0.500. The highest BCUT2D eigenvalue weighted by molar-refractivity contribution is 7.90. The molecule has 5 rings (SSSR count). The van der Waals surface area contributed by atoms with Gasteiger partial charge in [0, 0.05) is 58.1 Å². The van der Waals surface area contributed by atoms with Crippen LogP contribution in [0.15, 0.2) is 53.4 Å². The van der Waals surface area contributed by atoms with Crippen molar-refractivity contribution in [2.75, 3.05) is 46.1 Å². The second kappa shape index (κ2) is 9.29. The minimum absolute atomic E-state index is 0.00689. The summed E-state index contributed by atoms with van der Waals surface area (Å²) in [5.74, 6) is -0.328. The quantitative estimate of drug-likeness (QED) is 0.597. The van der Waals surface area contributed by atoms with E-state index in [1.165, 1.54) is 13.4 Å². The maximum Gasteiger partial charge on any atom is 0.337 e. The fourth-order valence-electron chi connectivity index (χ4n) is 6.09. The van der Waals surface area contributed by atoms with Crippen molar-refractivity contribution in [2.45, 2.75) is 42.1 Å². The lowest BCUT2D eigenvalue weighted by atomic mass is 9.83. The van der Waals surface area contributed by atoms with Crippen molar-refractivity contribution in [2.24, 2.45) is 0 Å². The standard InChI is InChI=1S/C26H33N3O5S/c1-34-25(31)21-5-3-4-20(10-21)13-27-14-22-11-23(30)15-29(22)26(16-27)17-28(18-26)12-19-6-8-24(9-7-19)35(2,32)33/h3-10,22-23,30H,11-18H2,1-2H3/t22-,23+/m0/s1. The van der Waals surface area contributed by atoms with Gasteiger partial charge in [-0.1, -0.05) is 24.3 Å². The predicted octanol–water partition coefficient (Wildman–Crippen LogP) is 1.38. The zero-order valence-corrected chi connectivity index (χ0v) is 21.1. The Labute approximate surface area is 207 Å². The molecule has 3 aliphatic rings. The Balaban J connectivity index is 1.27. The molecule has 3 heterocycles. The van der Waals surface area contributed by atoms with Crippen LogP contribution in [0, 0.1) is 0 Å². The lowest BCUT2D eigenvalue weighted by Crippen LogP contribution is -2.77. The average Bonchev–Trinajstić information content (AvgIpc) is 3.18. The van der Waals surface area contributed by atoms with Crippen molar-refractivity contribution >= 4 is 15.8 Å². The maximum atomic E-state index is 12.0. The van der Waals surface area contributed by atoms with Crippen LogP contribution in [0.2, 0.25) is 0 Å². The molecule has 0 aromatic heterocycles. The monoisotopic (exact) mass is 499 g/mol. The molecule has 35 heavy (non-hydrogen) atoms. The first-order valence-corrected chi connectivity index (χ1v) is 13.9. The minimum Gasteiger partial charge on any atom is -0.465 e. The predicted molar refractivity (Wildman–Crippen MR) is 132 cm³/mol. The second-order valence-electron chi connectivity index (χ2n) is 10.3. The summed E-state index contributed by atoms with van der Waals surface area (Å²) in [6.45, 7) is 5.85. The number of hydrogen-bond donors (Lipinski definition) is 1. The molecule has 0 bridgehead atoms. The molecule has 0 saturated carbocycles. The van der Waals surface area contributed by atoms with Gasteiger partial charge in [0.25, 0.3) is 0 Å². The van der Waals surface area contributed by atoms with Gasteiger partial charge in [-0.25, -0.2) is 13.2 Å². The van der Waals surface area contributed by atoms with Crippen molar-refractivity contribution in [3.05, 3.63) is 65.2 Å². The van der Waals surface area contributed by atoms with E-state index in [4.69, 9.17) is 4.74 Å². The number of hydrogen-bond acceptors (Lipinski definition) is 8. The number of methoxy groups -OCH3 is 1. The first kappa shape index (κ1) is 24.4. The first-order chi connectivity index (χ1) is 16.6. The van der Waals surface area contributed by atoms with Crippen LogP contribution >= 0.6 is 0 Å². The summed E-state index contributed by atoms with van der Waals surface area (Å²) in [5, 5.41) is 10.4. The largest absolute Gasteiger partial charge is 0.465 e. The van der Waals surface area contributed by atoms with Gasteiger partial charge in [-0.05, 0) is 41.8 Å². The summed E-state index contributed by atoms with van der Waals surface area (Å²) in [6.07, 6.45) is 1.72. The number of carbonyl (C=O) groups excluding carboxylic acids is 1. The van der Waals surface area contributed by atoms with E-state index in [1.807, 2.05) is 30.3 Å². The molecule has 2 aromatic rings. The van der Waals surface area contributed by atoms with E-state index in [2.05, 4.69) is 14.7 Å². The third-order valence-corrected chi connectivity index (χ3v) is 8.66. The Hall–Kier alpha value is -2.30. The summed E-state index contributed by atoms with van der Waals surface area (Å²) >= 11 is 0. The Kier molecular flexibility index (Phi) is 6.48. The number of piperazine rings is 1. The first-order valence-electron chi connectivity index (χ1n) is 12.0. The summed E-state index contributed by atoms with van der Waals surface area (Å²) in [6, 6.07) is 15.1. The molecule has 2 aromatic carbocycles. The number of fused-ring (bicyclic) bond motifs is 2. The zero-order valence-electron chi connectivity index (χ0n) is 20.3. The van der Waals surface area contributed by atoms with Gasteiger partial charge in [0.05, 0.1) is 29.2 Å². The van der Waals surface area contributed by atoms with E-state index in [-0.39, 0.29) is 17.6 Å². The third-order valence-electron chi connectivity index (χ3n) is 7.54. The molecular formula is C26H33N3O5S. The van der Waals surface area contributed by atoms with Gasteiger partial charge in [-0.3, -0.25) is 14.7 Å². The van der Waals surface area contributed by atoms with E-state index in [1.54, 1.807) is 18.2 Å². The van der Waals surface area contributed by atoms with Gasteiger partial charge in [-0.2, -0.15) is 0 Å². The van der Waals surface area contributed by atoms with E-state index < -0.39 is 9.84 Å². The normalized spacial score (nSPS) is 24.8. The SMILES string of the molecule is COC(=O)c1cccc(CN2C[C@@H]3C[C@@H](O)CN3C3(C2)CN(Cc2ccc(S(C)(=O)=O)cc2)C3)c1. The molecule has 188 valence electrons. The molecule has 0 amide bonds. The summed E-state index contributed by atoms with van der Waals surface area (Å²) in [5.41, 5.74) is 2.73. The number of β-amino-alcohol motifs (C(OH)–C–C–N with tert-alkyl or cyclic N) is 1. The van der Waals surface area contributed by atoms with Crippen molar-refractivity contribution < 1.29 is 23.1 Å². The van der Waals surface area contributed by atoms with Crippen LogP contribution in [-0.2, 0) is 27.7 Å². The lowest BCUT2D eigenvalue weighted by molar-refractivity contribution is -0.118. The fourth-order valence-corrected chi connectivity index (χ4v) is 6.72. The van der Waals surface area contributed by atoms with Crippen molar-refractivity contribution in [1.29, 1.82) is 0 Å². The summed E-state index contributed by atoms with van der Waals surface area (Å²) in [7, 11) is -1.80. The molecule has 8 nitrogen and oxygen atoms in total. The molecule has 1 N–H and O–H groups in total. The van der Waals surface area contributed by atoms with Gasteiger partial charge >= 0.3 is 5.97 Å². The van der Waals surface area contributed by atoms with Crippen LogP contribution in [0.3, 0.4) is 0 Å². The molecule has 9 heteroatoms. The molecule has 1 spiro atoms. The smallest absolute Gasteiger partial charge is 0.337 e. The zero-order chi connectivity index (χ0) is 24.8. The van der Waals surface area contributed by atoms with Crippen molar-refractivity contribution in [3.8, 4) is 0 Å². The van der Waals surface area contributed by atoms with Crippen LogP contribution in [-0.4, -0.2) is 98.0 Å². The molecular weight excluding hydrogens is 466 g/mol. The Morgan fingerprint density at radius 1 is 1.03 bits per heavy atom. The molecule has 0 radical (unpaired) electrons. The highest BCUT2D eigenvalue weighted by atomic mass is 32.2. The van der Waals surface area contributed by atoms with E-state index in [0.717, 1.165) is 56.8 Å². The molecule has 3 fully saturated rings. The number of ether oxygens (including phenoxy) is 1. The number of rotatable bonds is 6. The average molecular weight is 500 g/mol. The number of esters is 1. The van der Waals surface area contributed by atoms with Gasteiger partial charge in [-0.15, -0.1) is 0 Å². The Morgan fingerprint density at radius 2 is 1.71 bits per heavy atom. The number of benzene rings is 2. The number of likely N-dealkylation sites (tertiary alicyclic amines) is 1. The number of aliphatic hydroxyl groups excluding tert-OH is 1. The van der Waals surface area contributed by atoms with Crippen LogP contribution in [0.25, 0.3) is 0 Å². The topological polar surface area (TPSA) is 90.4 Å². The van der Waals surface area contributed by atoms with Gasteiger partial charge in [0.15, 0.2) is 9.84 Å². The lowest BCUT2D eigenvalue weighted by Gasteiger charge is -2.61. The number of carbonyl (C=O) groups is 1. The molecule has 2 atom stereocenters.